The predicted octanol–water partition coefficient (Wildman–Crippen LogP) is 0.677. The molecule has 1 amide bonds. The molecule has 0 aliphatic heterocycles. The van der Waals surface area contributed by atoms with Gasteiger partial charge >= 0.3 is 0 Å². The number of amides is 1. The molecule has 3 N–H and O–H groups in total. The maximum atomic E-state index is 11.9. The van der Waals surface area contributed by atoms with Gasteiger partial charge in [0.2, 0.25) is 5.91 Å². The van der Waals surface area contributed by atoms with Crippen molar-refractivity contribution in [3.05, 3.63) is 30.0 Å². The fourth-order valence-electron chi connectivity index (χ4n) is 3.06. The lowest BCUT2D eigenvalue weighted by Gasteiger charge is -2.24. The molecule has 0 saturated heterocycles. The van der Waals surface area contributed by atoms with Gasteiger partial charge in [-0.05, 0) is 56.2 Å². The average molecular weight is 429 g/mol. The van der Waals surface area contributed by atoms with E-state index in [-0.39, 0.29) is 24.2 Å². The second-order valence-corrected chi connectivity index (χ2v) is 8.83. The van der Waals surface area contributed by atoms with Crippen LogP contribution in [0.1, 0.15) is 31.7 Å². The number of hydrogen-bond donors (Lipinski definition) is 4. The van der Waals surface area contributed by atoms with Gasteiger partial charge in [-0.25, -0.2) is 13.9 Å². The topological polar surface area (TPSA) is 122 Å². The standard InChI is InChI=1S/C21H23N3O5S/c1-20(15-30(28)29,19(26)23-27)10-11-24-13-17-12-16(5-6-18(17)22-24)4-2-3-7-21(14-25)8-9-21/h5-6,12-13,25,27,30H,8-11,14-15H2,1H3,(H,23,26)/t20-/m0/s1. The van der Waals surface area contributed by atoms with Crippen molar-refractivity contribution in [3.63, 3.8) is 0 Å². The van der Waals surface area contributed by atoms with Crippen LogP contribution >= 0.6 is 0 Å². The van der Waals surface area contributed by atoms with Crippen molar-refractivity contribution in [1.29, 1.82) is 0 Å². The number of carbonyl (C=O) groups is 1. The molecule has 1 aliphatic carbocycles. The van der Waals surface area contributed by atoms with Gasteiger partial charge in [-0.2, -0.15) is 5.10 Å². The van der Waals surface area contributed by atoms with Crippen molar-refractivity contribution in [2.45, 2.75) is 32.7 Å². The molecule has 1 aromatic heterocycles. The number of aromatic nitrogens is 2. The van der Waals surface area contributed by atoms with Crippen LogP contribution in [-0.2, 0) is 22.0 Å². The molecule has 9 heteroatoms. The first-order valence-electron chi connectivity index (χ1n) is 9.47. The Morgan fingerprint density at radius 3 is 2.77 bits per heavy atom. The number of rotatable bonds is 7. The number of benzene rings is 1. The molecule has 158 valence electrons. The van der Waals surface area contributed by atoms with Gasteiger partial charge in [0.1, 0.15) is 10.7 Å². The second kappa shape index (κ2) is 8.88. The number of carbonyl (C=O) groups excluding carboxylic acids is 1. The fourth-order valence-corrected chi connectivity index (χ4v) is 3.93. The zero-order valence-electron chi connectivity index (χ0n) is 16.5. The van der Waals surface area contributed by atoms with E-state index in [2.05, 4.69) is 28.8 Å². The van der Waals surface area contributed by atoms with Crippen LogP contribution in [0.5, 0.6) is 0 Å². The summed E-state index contributed by atoms with van der Waals surface area (Å²) in [5, 5.41) is 23.5. The van der Waals surface area contributed by atoms with Gasteiger partial charge in [-0.3, -0.25) is 14.7 Å². The molecule has 1 saturated carbocycles. The van der Waals surface area contributed by atoms with Gasteiger partial charge in [0, 0.05) is 23.7 Å². The van der Waals surface area contributed by atoms with Gasteiger partial charge in [-0.15, -0.1) is 0 Å². The summed E-state index contributed by atoms with van der Waals surface area (Å²) in [6.07, 6.45) is 3.80. The molecular formula is C21H23N3O5S. The second-order valence-electron chi connectivity index (χ2n) is 7.85. The van der Waals surface area contributed by atoms with E-state index >= 15 is 0 Å². The summed E-state index contributed by atoms with van der Waals surface area (Å²) in [4.78, 5) is 11.9. The van der Waals surface area contributed by atoms with E-state index in [1.807, 2.05) is 18.2 Å². The number of hydroxylamine groups is 1. The number of thiol groups is 1. The lowest BCUT2D eigenvalue weighted by molar-refractivity contribution is -0.138. The molecule has 1 aliphatic rings. The van der Waals surface area contributed by atoms with E-state index in [1.54, 1.807) is 16.4 Å². The third-order valence-corrected chi connectivity index (χ3v) is 6.28. The van der Waals surface area contributed by atoms with E-state index in [4.69, 9.17) is 5.21 Å². The lowest BCUT2D eigenvalue weighted by Crippen LogP contribution is -2.41. The summed E-state index contributed by atoms with van der Waals surface area (Å²) in [6.45, 7) is 1.86. The maximum Gasteiger partial charge on any atom is 0.250 e. The van der Waals surface area contributed by atoms with Gasteiger partial charge in [0.15, 0.2) is 0 Å². The van der Waals surface area contributed by atoms with Crippen LogP contribution in [0.25, 0.3) is 10.9 Å². The Bertz CT molecular complexity index is 1150. The van der Waals surface area contributed by atoms with Crippen molar-refractivity contribution < 1.29 is 23.5 Å². The number of nitrogens with one attached hydrogen (secondary N) is 1. The van der Waals surface area contributed by atoms with Crippen LogP contribution < -0.4 is 5.48 Å². The van der Waals surface area contributed by atoms with Gasteiger partial charge < -0.3 is 5.11 Å². The summed E-state index contributed by atoms with van der Waals surface area (Å²) < 4.78 is 23.9. The van der Waals surface area contributed by atoms with Gasteiger partial charge in [-0.1, -0.05) is 11.8 Å². The minimum absolute atomic E-state index is 0.0666. The van der Waals surface area contributed by atoms with E-state index < -0.39 is 22.0 Å². The Kier molecular flexibility index (Phi) is 6.47. The van der Waals surface area contributed by atoms with E-state index in [0.717, 1.165) is 29.3 Å². The quantitative estimate of drug-likeness (QED) is 0.222. The molecule has 2 aromatic rings. The number of aliphatic hydroxyl groups is 1. The average Bonchev–Trinajstić information content (AvgIpc) is 3.39. The third-order valence-electron chi connectivity index (χ3n) is 5.33. The molecule has 0 bridgehead atoms. The first-order valence-corrected chi connectivity index (χ1v) is 10.8. The zero-order valence-corrected chi connectivity index (χ0v) is 17.4. The minimum Gasteiger partial charge on any atom is -0.395 e. The van der Waals surface area contributed by atoms with Crippen molar-refractivity contribution in [1.82, 2.24) is 15.3 Å². The van der Waals surface area contributed by atoms with Crippen LogP contribution in [0.3, 0.4) is 0 Å². The SMILES string of the molecule is C[C@](CCn1cc2cc(C#CC#CC3(CO)CC3)ccc2n1)(C[SH](=O)=O)C(=O)NO. The Labute approximate surface area is 176 Å². The first kappa shape index (κ1) is 21.8. The molecule has 1 fully saturated rings. The van der Waals surface area contributed by atoms with Gasteiger partial charge in [0.05, 0.1) is 28.7 Å². The number of aliphatic hydroxyl groups excluding tert-OH is 1. The summed E-state index contributed by atoms with van der Waals surface area (Å²) in [5.41, 5.74) is 1.56. The molecule has 0 radical (unpaired) electrons. The molecular weight excluding hydrogens is 406 g/mol. The fraction of sp³-hybridized carbons (Fsp3) is 0.429. The Morgan fingerprint density at radius 1 is 1.37 bits per heavy atom. The summed E-state index contributed by atoms with van der Waals surface area (Å²) >= 11 is 0. The number of aryl methyl sites for hydroxylation is 1. The number of fused-ring (bicyclic) bond motifs is 1. The monoisotopic (exact) mass is 429 g/mol. The van der Waals surface area contributed by atoms with Gasteiger partial charge in [0.25, 0.3) is 0 Å². The smallest absolute Gasteiger partial charge is 0.250 e. The molecule has 3 rings (SSSR count). The van der Waals surface area contributed by atoms with E-state index in [9.17, 15) is 18.3 Å². The molecule has 8 nitrogen and oxygen atoms in total. The highest BCUT2D eigenvalue weighted by Gasteiger charge is 2.40. The lowest BCUT2D eigenvalue weighted by atomic mass is 9.88. The molecule has 0 unspecified atom stereocenters. The summed E-state index contributed by atoms with van der Waals surface area (Å²) in [6, 6.07) is 5.53. The van der Waals surface area contributed by atoms with E-state index in [1.165, 1.54) is 6.92 Å². The highest BCUT2D eigenvalue weighted by Crippen LogP contribution is 2.44. The highest BCUT2D eigenvalue weighted by atomic mass is 32.2. The van der Waals surface area contributed by atoms with E-state index in [0.29, 0.717) is 6.54 Å². The molecule has 1 heterocycles. The van der Waals surface area contributed by atoms with Crippen LogP contribution in [0, 0.1) is 34.5 Å². The van der Waals surface area contributed by atoms with Crippen molar-refractivity contribution in [2.75, 3.05) is 12.4 Å². The third kappa shape index (κ3) is 5.19. The Balaban J connectivity index is 1.72. The van der Waals surface area contributed by atoms with Crippen molar-refractivity contribution in [3.8, 4) is 23.7 Å². The predicted molar refractivity (Wildman–Crippen MR) is 111 cm³/mol. The molecule has 0 spiro atoms. The maximum absolute atomic E-state index is 11.9. The molecule has 30 heavy (non-hydrogen) atoms. The zero-order chi connectivity index (χ0) is 21.8. The number of hydrogen-bond acceptors (Lipinski definition) is 6. The molecule has 1 atom stereocenters. The number of nitrogens with zero attached hydrogens (tertiary/aromatic N) is 2. The Hall–Kier alpha value is -2.85. The Morgan fingerprint density at radius 2 is 2.13 bits per heavy atom. The van der Waals surface area contributed by atoms with Crippen LogP contribution in [-0.4, -0.2) is 46.8 Å². The summed E-state index contributed by atoms with van der Waals surface area (Å²) in [7, 11) is -2.79. The van der Waals surface area contributed by atoms with Crippen molar-refractivity contribution >= 4 is 27.5 Å². The van der Waals surface area contributed by atoms with Crippen LogP contribution in [0.4, 0.5) is 0 Å². The normalized spacial score (nSPS) is 16.1. The van der Waals surface area contributed by atoms with Crippen LogP contribution in [0.2, 0.25) is 0 Å². The largest absolute Gasteiger partial charge is 0.395 e. The van der Waals surface area contributed by atoms with Crippen LogP contribution in [0.15, 0.2) is 24.4 Å². The van der Waals surface area contributed by atoms with Crippen molar-refractivity contribution in [2.24, 2.45) is 10.8 Å². The first-order chi connectivity index (χ1) is 14.3. The minimum atomic E-state index is -2.79. The highest BCUT2D eigenvalue weighted by molar-refractivity contribution is 7.72. The summed E-state index contributed by atoms with van der Waals surface area (Å²) in [5.74, 6) is 10.5. The molecule has 1 aromatic carbocycles.